The Morgan fingerprint density at radius 3 is 2.76 bits per heavy atom. The van der Waals surface area contributed by atoms with Gasteiger partial charge in [0.25, 0.3) is 5.91 Å². The normalized spacial score (nSPS) is 17.3. The lowest BCUT2D eigenvalue weighted by Crippen LogP contribution is -2.27. The molecule has 1 saturated heterocycles. The van der Waals surface area contributed by atoms with Crippen LogP contribution in [-0.4, -0.2) is 37.0 Å². The lowest BCUT2D eigenvalue weighted by Gasteiger charge is -2.11. The largest absolute Gasteiger partial charge is 0.454 e. The monoisotopic (exact) mass is 291 g/mol. The molecule has 0 radical (unpaired) electrons. The summed E-state index contributed by atoms with van der Waals surface area (Å²) in [6.07, 6.45) is 0.869. The Labute approximate surface area is 122 Å². The summed E-state index contributed by atoms with van der Waals surface area (Å²) in [6.45, 7) is 1.56. The predicted octanol–water partition coefficient (Wildman–Crippen LogP) is 1.55. The van der Waals surface area contributed by atoms with E-state index in [4.69, 9.17) is 9.47 Å². The molecule has 1 heterocycles. The van der Waals surface area contributed by atoms with E-state index in [1.54, 1.807) is 24.3 Å². The van der Waals surface area contributed by atoms with Gasteiger partial charge in [-0.05, 0) is 31.9 Å². The van der Waals surface area contributed by atoms with Crippen LogP contribution in [-0.2, 0) is 19.1 Å². The Hall–Kier alpha value is -2.21. The highest BCUT2D eigenvalue weighted by atomic mass is 16.6. The van der Waals surface area contributed by atoms with Crippen molar-refractivity contribution in [3.8, 4) is 0 Å². The number of hydrogen-bond acceptors (Lipinski definition) is 5. The standard InChI is InChI=1S/C15H17NO5/c1-10(17)11-5-2-3-6-12(11)16-14(18)9-21-15(19)13-7-4-8-20-13/h2-3,5-6,13H,4,7-9H2,1H3,(H,16,18)/t13-/m1/s1. The molecule has 1 N–H and O–H groups in total. The molecular formula is C15H17NO5. The van der Waals surface area contributed by atoms with Crippen LogP contribution in [0.4, 0.5) is 5.69 Å². The molecule has 1 aliphatic rings. The van der Waals surface area contributed by atoms with E-state index < -0.39 is 24.6 Å². The summed E-state index contributed by atoms with van der Waals surface area (Å²) in [5.41, 5.74) is 0.819. The zero-order chi connectivity index (χ0) is 15.2. The van der Waals surface area contributed by atoms with Gasteiger partial charge >= 0.3 is 5.97 Å². The zero-order valence-electron chi connectivity index (χ0n) is 11.8. The lowest BCUT2D eigenvalue weighted by atomic mass is 10.1. The molecule has 0 unspecified atom stereocenters. The highest BCUT2D eigenvalue weighted by Gasteiger charge is 2.25. The summed E-state index contributed by atoms with van der Waals surface area (Å²) in [7, 11) is 0. The molecule has 0 bridgehead atoms. The van der Waals surface area contributed by atoms with E-state index in [9.17, 15) is 14.4 Å². The third-order valence-corrected chi connectivity index (χ3v) is 3.12. The van der Waals surface area contributed by atoms with Crippen molar-refractivity contribution in [2.24, 2.45) is 0 Å². The van der Waals surface area contributed by atoms with Gasteiger partial charge < -0.3 is 14.8 Å². The van der Waals surface area contributed by atoms with Gasteiger partial charge in [0.1, 0.15) is 0 Å². The van der Waals surface area contributed by atoms with Crippen LogP contribution in [0.2, 0.25) is 0 Å². The summed E-state index contributed by atoms with van der Waals surface area (Å²) in [4.78, 5) is 34.8. The highest BCUT2D eigenvalue weighted by Crippen LogP contribution is 2.16. The molecule has 0 aromatic heterocycles. The van der Waals surface area contributed by atoms with Gasteiger partial charge in [-0.2, -0.15) is 0 Å². The number of amides is 1. The number of anilines is 1. The number of rotatable bonds is 5. The fourth-order valence-electron chi connectivity index (χ4n) is 2.08. The van der Waals surface area contributed by atoms with Crippen LogP contribution in [0.15, 0.2) is 24.3 Å². The number of esters is 1. The van der Waals surface area contributed by atoms with Crippen molar-refractivity contribution >= 4 is 23.3 Å². The maximum atomic E-state index is 11.8. The maximum absolute atomic E-state index is 11.8. The summed E-state index contributed by atoms with van der Waals surface area (Å²) >= 11 is 0. The average Bonchev–Trinajstić information content (AvgIpc) is 2.99. The first-order valence-corrected chi connectivity index (χ1v) is 6.76. The molecule has 1 atom stereocenters. The minimum absolute atomic E-state index is 0.151. The van der Waals surface area contributed by atoms with Crippen LogP contribution in [0.3, 0.4) is 0 Å². The van der Waals surface area contributed by atoms with Gasteiger partial charge in [-0.25, -0.2) is 4.79 Å². The van der Waals surface area contributed by atoms with E-state index >= 15 is 0 Å². The van der Waals surface area contributed by atoms with Gasteiger partial charge in [-0.15, -0.1) is 0 Å². The molecule has 1 aliphatic heterocycles. The summed E-state index contributed by atoms with van der Waals surface area (Å²) in [5, 5.41) is 2.56. The zero-order valence-corrected chi connectivity index (χ0v) is 11.8. The molecule has 0 aliphatic carbocycles. The van der Waals surface area contributed by atoms with Gasteiger partial charge in [0, 0.05) is 12.2 Å². The Kier molecular flexibility index (Phi) is 5.05. The lowest BCUT2D eigenvalue weighted by molar-refractivity contribution is -0.156. The number of para-hydroxylation sites is 1. The molecule has 1 aromatic rings. The molecule has 21 heavy (non-hydrogen) atoms. The smallest absolute Gasteiger partial charge is 0.335 e. The van der Waals surface area contributed by atoms with Crippen LogP contribution in [0, 0.1) is 0 Å². The number of Topliss-reactive ketones (excluding diaryl/α,β-unsaturated/α-hetero) is 1. The molecule has 112 valence electrons. The van der Waals surface area contributed by atoms with Crippen LogP contribution in [0.5, 0.6) is 0 Å². The van der Waals surface area contributed by atoms with Crippen LogP contribution in [0.25, 0.3) is 0 Å². The average molecular weight is 291 g/mol. The van der Waals surface area contributed by atoms with E-state index in [-0.39, 0.29) is 5.78 Å². The summed E-state index contributed by atoms with van der Waals surface area (Å²) in [5.74, 6) is -1.17. The third-order valence-electron chi connectivity index (χ3n) is 3.12. The van der Waals surface area contributed by atoms with E-state index in [2.05, 4.69) is 5.32 Å². The fraction of sp³-hybridized carbons (Fsp3) is 0.400. The number of ether oxygens (including phenoxy) is 2. The predicted molar refractivity (Wildman–Crippen MR) is 75.0 cm³/mol. The number of carbonyl (C=O) groups excluding carboxylic acids is 3. The second kappa shape index (κ2) is 6.99. The SMILES string of the molecule is CC(=O)c1ccccc1NC(=O)COC(=O)[C@H]1CCCO1. The van der Waals surface area contributed by atoms with Crippen LogP contribution < -0.4 is 5.32 Å². The van der Waals surface area contributed by atoms with Crippen molar-refractivity contribution in [1.29, 1.82) is 0 Å². The minimum Gasteiger partial charge on any atom is -0.454 e. The maximum Gasteiger partial charge on any atom is 0.335 e. The molecule has 0 spiro atoms. The van der Waals surface area contributed by atoms with Gasteiger partial charge in [-0.1, -0.05) is 12.1 Å². The number of nitrogens with one attached hydrogen (secondary N) is 1. The molecule has 2 rings (SSSR count). The third kappa shape index (κ3) is 4.13. The highest BCUT2D eigenvalue weighted by molar-refractivity contribution is 6.04. The molecule has 6 heteroatoms. The van der Waals surface area contributed by atoms with E-state index in [0.717, 1.165) is 6.42 Å². The number of ketones is 1. The quantitative estimate of drug-likeness (QED) is 0.657. The molecule has 1 fully saturated rings. The van der Waals surface area contributed by atoms with Crippen molar-refractivity contribution in [2.75, 3.05) is 18.5 Å². The number of hydrogen-bond donors (Lipinski definition) is 1. The fourth-order valence-corrected chi connectivity index (χ4v) is 2.08. The molecule has 1 aromatic carbocycles. The van der Waals surface area contributed by atoms with Crippen LogP contribution in [0.1, 0.15) is 30.1 Å². The molecule has 1 amide bonds. The molecule has 0 saturated carbocycles. The van der Waals surface area contributed by atoms with Crippen molar-refractivity contribution < 1.29 is 23.9 Å². The van der Waals surface area contributed by atoms with Crippen molar-refractivity contribution in [1.82, 2.24) is 0 Å². The summed E-state index contributed by atoms with van der Waals surface area (Å²) < 4.78 is 10.1. The van der Waals surface area contributed by atoms with E-state index in [1.165, 1.54) is 6.92 Å². The Bertz CT molecular complexity index is 549. The Balaban J connectivity index is 1.87. The van der Waals surface area contributed by atoms with Crippen molar-refractivity contribution in [3.63, 3.8) is 0 Å². The minimum atomic E-state index is -0.567. The van der Waals surface area contributed by atoms with E-state index in [1.807, 2.05) is 0 Å². The van der Waals surface area contributed by atoms with Crippen molar-refractivity contribution in [3.05, 3.63) is 29.8 Å². The van der Waals surface area contributed by atoms with Crippen molar-refractivity contribution in [2.45, 2.75) is 25.9 Å². The topological polar surface area (TPSA) is 81.7 Å². The first kappa shape index (κ1) is 15.2. The number of carbonyl (C=O) groups is 3. The second-order valence-electron chi connectivity index (χ2n) is 4.76. The summed E-state index contributed by atoms with van der Waals surface area (Å²) in [6, 6.07) is 6.66. The van der Waals surface area contributed by atoms with Gasteiger partial charge in [0.2, 0.25) is 0 Å². The molecule has 6 nitrogen and oxygen atoms in total. The van der Waals surface area contributed by atoms with Gasteiger partial charge in [0.05, 0.1) is 5.69 Å². The van der Waals surface area contributed by atoms with E-state index in [0.29, 0.717) is 24.3 Å². The van der Waals surface area contributed by atoms with Gasteiger partial charge in [0.15, 0.2) is 18.5 Å². The number of benzene rings is 1. The Morgan fingerprint density at radius 1 is 1.33 bits per heavy atom. The first-order chi connectivity index (χ1) is 10.1. The second-order valence-corrected chi connectivity index (χ2v) is 4.76. The Morgan fingerprint density at radius 2 is 2.10 bits per heavy atom. The molecular weight excluding hydrogens is 274 g/mol. The van der Waals surface area contributed by atoms with Gasteiger partial charge in [-0.3, -0.25) is 9.59 Å². The van der Waals surface area contributed by atoms with Crippen LogP contribution >= 0.6 is 0 Å². The first-order valence-electron chi connectivity index (χ1n) is 6.76.